The number of rotatable bonds is 40. The average Bonchev–Trinajstić information content (AvgIpc) is 3.25. The summed E-state index contributed by atoms with van der Waals surface area (Å²) in [5.74, 6) is -1.15. The van der Waals surface area contributed by atoms with E-state index in [0.717, 1.165) is 38.5 Å². The lowest BCUT2D eigenvalue weighted by molar-refractivity contribution is -0.220. The summed E-state index contributed by atoms with van der Waals surface area (Å²) in [6.45, 7) is 3.27. The van der Waals surface area contributed by atoms with Crippen molar-refractivity contribution >= 4 is 19.8 Å². The van der Waals surface area contributed by atoms with Crippen LogP contribution in [0.15, 0.2) is 36.5 Å². The summed E-state index contributed by atoms with van der Waals surface area (Å²) in [5.41, 5.74) is 0. The highest BCUT2D eigenvalue weighted by molar-refractivity contribution is 7.47. The molecule has 13 nitrogen and oxygen atoms in total. The molecule has 1 aliphatic carbocycles. The Labute approximate surface area is 374 Å². The van der Waals surface area contributed by atoms with E-state index in [4.69, 9.17) is 18.5 Å². The van der Waals surface area contributed by atoms with Crippen molar-refractivity contribution < 1.29 is 63.1 Å². The van der Waals surface area contributed by atoms with Gasteiger partial charge in [0.25, 0.3) is 0 Å². The number of hydrogen-bond donors (Lipinski definition) is 6. The molecule has 1 fully saturated rings. The molecule has 0 aromatic carbocycles. The second-order valence-electron chi connectivity index (χ2n) is 17.0. The standard InChI is InChI=1S/C48H87O13P/c1-3-5-7-9-11-13-15-17-19-21-23-25-27-29-31-33-35-37-42(50)60-40(39-59-62(56,57)61-48-46(54)44(52)43(51)45(53)47(48)55)38-58-41(49)36-34-32-30-28-26-24-22-20-18-16-14-12-10-8-6-4-2/h17,19,23,25,29,31,40,43-48,51-55H,3-16,18,20-22,24,26-28,30,32-39H2,1-2H3,(H,56,57)/b19-17+,25-23+,31-29+/t40-,43?,44-,45?,46?,47?,48?/m0/s1. The van der Waals surface area contributed by atoms with Gasteiger partial charge in [-0.15, -0.1) is 0 Å². The molecule has 6 N–H and O–H groups in total. The lowest BCUT2D eigenvalue weighted by Crippen LogP contribution is -2.64. The number of ether oxygens (including phenoxy) is 2. The van der Waals surface area contributed by atoms with Gasteiger partial charge in [0, 0.05) is 12.8 Å². The van der Waals surface area contributed by atoms with Crippen LogP contribution in [-0.2, 0) is 32.7 Å². The quantitative estimate of drug-likeness (QED) is 0.0147. The van der Waals surface area contributed by atoms with Crippen molar-refractivity contribution in [3.8, 4) is 0 Å². The third kappa shape index (κ3) is 30.3. The Kier molecular flexibility index (Phi) is 35.9. The van der Waals surface area contributed by atoms with Crippen LogP contribution in [0.3, 0.4) is 0 Å². The maximum absolute atomic E-state index is 12.8. The Balaban J connectivity index is 2.47. The van der Waals surface area contributed by atoms with Crippen molar-refractivity contribution in [3.05, 3.63) is 36.5 Å². The number of carbonyl (C=O) groups is 2. The molecule has 0 aliphatic heterocycles. The molecule has 0 aromatic rings. The van der Waals surface area contributed by atoms with Crippen molar-refractivity contribution in [1.82, 2.24) is 0 Å². The molecule has 0 amide bonds. The Morgan fingerprint density at radius 1 is 0.500 bits per heavy atom. The fraction of sp³-hybridized carbons (Fsp3) is 0.833. The largest absolute Gasteiger partial charge is 0.472 e. The van der Waals surface area contributed by atoms with Gasteiger partial charge in [-0.05, 0) is 44.9 Å². The maximum atomic E-state index is 12.8. The predicted octanol–water partition coefficient (Wildman–Crippen LogP) is 9.78. The Morgan fingerprint density at radius 3 is 1.37 bits per heavy atom. The summed E-state index contributed by atoms with van der Waals surface area (Å²) in [6, 6.07) is 0. The first-order chi connectivity index (χ1) is 29.9. The smallest absolute Gasteiger partial charge is 0.462 e. The number of hydrogen-bond acceptors (Lipinski definition) is 12. The summed E-state index contributed by atoms with van der Waals surface area (Å²) in [5, 5.41) is 50.2. The lowest BCUT2D eigenvalue weighted by Gasteiger charge is -2.41. The summed E-state index contributed by atoms with van der Waals surface area (Å²) in [7, 11) is -5.13. The van der Waals surface area contributed by atoms with Gasteiger partial charge in [-0.2, -0.15) is 0 Å². The molecule has 362 valence electrons. The van der Waals surface area contributed by atoms with Crippen LogP contribution in [0.1, 0.15) is 200 Å². The van der Waals surface area contributed by atoms with Crippen LogP contribution < -0.4 is 0 Å². The van der Waals surface area contributed by atoms with E-state index in [0.29, 0.717) is 19.3 Å². The van der Waals surface area contributed by atoms with Gasteiger partial charge in [0.05, 0.1) is 6.61 Å². The molecule has 6 unspecified atom stereocenters. The van der Waals surface area contributed by atoms with E-state index in [1.54, 1.807) is 0 Å². The summed E-state index contributed by atoms with van der Waals surface area (Å²) in [4.78, 5) is 35.7. The zero-order valence-electron chi connectivity index (χ0n) is 38.4. The topological polar surface area (TPSA) is 210 Å². The third-order valence-corrected chi connectivity index (χ3v) is 12.2. The first-order valence-corrected chi connectivity index (χ1v) is 25.8. The first-order valence-electron chi connectivity index (χ1n) is 24.3. The molecule has 1 aliphatic rings. The van der Waals surface area contributed by atoms with Crippen LogP contribution in [0, 0.1) is 0 Å². The number of phosphoric acid groups is 1. The van der Waals surface area contributed by atoms with E-state index in [-0.39, 0.29) is 12.8 Å². The van der Waals surface area contributed by atoms with Gasteiger partial charge in [-0.25, -0.2) is 4.57 Å². The highest BCUT2D eigenvalue weighted by Crippen LogP contribution is 2.47. The Bertz CT molecular complexity index is 1230. The molecule has 0 radical (unpaired) electrons. The van der Waals surface area contributed by atoms with Crippen LogP contribution in [-0.4, -0.2) is 98.3 Å². The highest BCUT2D eigenvalue weighted by atomic mass is 31.2. The van der Waals surface area contributed by atoms with Crippen LogP contribution in [0.2, 0.25) is 0 Å². The molecule has 0 aromatic heterocycles. The van der Waals surface area contributed by atoms with E-state index in [2.05, 4.69) is 38.2 Å². The first kappa shape index (κ1) is 58.1. The van der Waals surface area contributed by atoms with E-state index in [1.165, 1.54) is 116 Å². The molecule has 0 bridgehead atoms. The van der Waals surface area contributed by atoms with Gasteiger partial charge in [0.1, 0.15) is 43.2 Å². The van der Waals surface area contributed by atoms with Gasteiger partial charge in [0.2, 0.25) is 0 Å². The number of unbranched alkanes of at least 4 members (excludes halogenated alkanes) is 22. The second kappa shape index (κ2) is 38.3. The van der Waals surface area contributed by atoms with Crippen molar-refractivity contribution in [2.24, 2.45) is 0 Å². The number of allylic oxidation sites excluding steroid dienone is 6. The minimum atomic E-state index is -5.13. The Hall–Kier alpha value is -1.93. The maximum Gasteiger partial charge on any atom is 0.472 e. The minimum Gasteiger partial charge on any atom is -0.462 e. The second-order valence-corrected chi connectivity index (χ2v) is 18.4. The SMILES string of the molecule is CCCCCCCC/C=C/C/C=C/C/C=C/CCCC(=O)O[C@@H](COC(=O)CCCCCCCCCCCCCCCCCC)COP(=O)(O)OC1C(O)C(O)C(O)[C@H](O)C1O. The monoisotopic (exact) mass is 903 g/mol. The van der Waals surface area contributed by atoms with Crippen LogP contribution in [0.5, 0.6) is 0 Å². The average molecular weight is 903 g/mol. The number of aliphatic hydroxyl groups excluding tert-OH is 5. The van der Waals surface area contributed by atoms with Gasteiger partial charge in [0.15, 0.2) is 6.10 Å². The number of phosphoric ester groups is 1. The molecule has 1 rings (SSSR count). The van der Waals surface area contributed by atoms with E-state index >= 15 is 0 Å². The molecular weight excluding hydrogens is 815 g/mol. The van der Waals surface area contributed by atoms with Gasteiger partial charge in [-0.3, -0.25) is 18.6 Å². The number of aliphatic hydroxyl groups is 5. The normalized spacial score (nSPS) is 22.1. The fourth-order valence-electron chi connectivity index (χ4n) is 7.30. The zero-order chi connectivity index (χ0) is 45.7. The predicted molar refractivity (Wildman–Crippen MR) is 244 cm³/mol. The van der Waals surface area contributed by atoms with Gasteiger partial charge < -0.3 is 39.9 Å². The Morgan fingerprint density at radius 2 is 0.887 bits per heavy atom. The van der Waals surface area contributed by atoms with Crippen molar-refractivity contribution in [2.45, 2.75) is 243 Å². The van der Waals surface area contributed by atoms with Crippen LogP contribution >= 0.6 is 7.82 Å². The number of carbonyl (C=O) groups excluding carboxylic acids is 2. The molecular formula is C48H87O13P. The highest BCUT2D eigenvalue weighted by Gasteiger charge is 2.51. The van der Waals surface area contributed by atoms with Crippen LogP contribution in [0.25, 0.3) is 0 Å². The van der Waals surface area contributed by atoms with Gasteiger partial charge >= 0.3 is 19.8 Å². The van der Waals surface area contributed by atoms with E-state index < -0.39 is 75.7 Å². The van der Waals surface area contributed by atoms with E-state index in [1.807, 2.05) is 12.2 Å². The summed E-state index contributed by atoms with van der Waals surface area (Å²) >= 11 is 0. The molecule has 62 heavy (non-hydrogen) atoms. The third-order valence-electron chi connectivity index (χ3n) is 11.2. The van der Waals surface area contributed by atoms with E-state index in [9.17, 15) is 44.6 Å². The zero-order valence-corrected chi connectivity index (χ0v) is 39.3. The molecule has 0 spiro atoms. The minimum absolute atomic E-state index is 0.0269. The lowest BCUT2D eigenvalue weighted by atomic mass is 9.85. The number of esters is 2. The fourth-order valence-corrected chi connectivity index (χ4v) is 8.28. The van der Waals surface area contributed by atoms with Crippen molar-refractivity contribution in [3.63, 3.8) is 0 Å². The van der Waals surface area contributed by atoms with Crippen molar-refractivity contribution in [2.75, 3.05) is 13.2 Å². The summed E-state index contributed by atoms with van der Waals surface area (Å²) in [6.07, 6.45) is 30.6. The molecule has 0 heterocycles. The molecule has 14 heteroatoms. The summed E-state index contributed by atoms with van der Waals surface area (Å²) < 4.78 is 33.5. The molecule has 1 saturated carbocycles. The molecule has 0 saturated heterocycles. The van der Waals surface area contributed by atoms with Gasteiger partial charge in [-0.1, -0.05) is 179 Å². The van der Waals surface area contributed by atoms with Crippen LogP contribution in [0.4, 0.5) is 0 Å². The molecule has 8 atom stereocenters. The van der Waals surface area contributed by atoms with Crippen molar-refractivity contribution in [1.29, 1.82) is 0 Å².